The second kappa shape index (κ2) is 6.15. The Morgan fingerprint density at radius 3 is 1.12 bits per heavy atom. The van der Waals surface area contributed by atoms with Crippen LogP contribution >= 0.6 is 11.8 Å². The molecule has 1 unspecified atom stereocenters. The van der Waals surface area contributed by atoms with Crippen LogP contribution in [0.25, 0.3) is 0 Å². The summed E-state index contributed by atoms with van der Waals surface area (Å²) in [6.07, 6.45) is -32.9. The molecule has 0 aliphatic carbocycles. The standard InChI is InChI=1S/C10HF15S/c11-6(12,13)1-2(7(14,15)16)4(9(20,21)22)26-5(10(23,24)25)3(1)8(17,18)19/h4H. The van der Waals surface area contributed by atoms with E-state index in [1.807, 2.05) is 0 Å². The van der Waals surface area contributed by atoms with Crippen molar-refractivity contribution in [3.05, 3.63) is 21.6 Å². The molecule has 1 aliphatic heterocycles. The molecular weight excluding hydrogens is 437 g/mol. The summed E-state index contributed by atoms with van der Waals surface area (Å²) in [5.74, 6) is 0. The molecule has 0 spiro atoms. The van der Waals surface area contributed by atoms with Gasteiger partial charge in [0.05, 0.1) is 16.7 Å². The van der Waals surface area contributed by atoms with Crippen LogP contribution in [0.15, 0.2) is 21.6 Å². The molecule has 1 atom stereocenters. The lowest BCUT2D eigenvalue weighted by atomic mass is 9.94. The van der Waals surface area contributed by atoms with E-state index >= 15 is 0 Å². The third-order valence-electron chi connectivity index (χ3n) is 2.67. The molecule has 0 radical (unpaired) electrons. The second-order valence-corrected chi connectivity index (χ2v) is 5.64. The number of halogens is 15. The highest BCUT2D eigenvalue weighted by molar-refractivity contribution is 8.04. The highest BCUT2D eigenvalue weighted by atomic mass is 32.2. The summed E-state index contributed by atoms with van der Waals surface area (Å²) < 4.78 is 191. The van der Waals surface area contributed by atoms with Gasteiger partial charge in [0.1, 0.15) is 10.2 Å². The van der Waals surface area contributed by atoms with Crippen molar-refractivity contribution in [2.24, 2.45) is 0 Å². The van der Waals surface area contributed by atoms with Gasteiger partial charge in [-0.05, 0) is 0 Å². The molecule has 0 bridgehead atoms. The number of allylic oxidation sites excluding steroid dienone is 3. The molecule has 16 heteroatoms. The lowest BCUT2D eigenvalue weighted by molar-refractivity contribution is -0.157. The fraction of sp³-hybridized carbons (Fsp3) is 0.600. The Hall–Kier alpha value is -1.22. The van der Waals surface area contributed by atoms with E-state index in [0.29, 0.717) is 0 Å². The normalized spacial score (nSPS) is 21.6. The number of alkyl halides is 15. The maximum atomic E-state index is 12.8. The molecule has 0 saturated carbocycles. The predicted octanol–water partition coefficient (Wildman–Crippen LogP) is 6.46. The van der Waals surface area contributed by atoms with Crippen molar-refractivity contribution >= 4 is 11.8 Å². The van der Waals surface area contributed by atoms with Crippen molar-refractivity contribution in [3.63, 3.8) is 0 Å². The van der Waals surface area contributed by atoms with E-state index in [4.69, 9.17) is 0 Å². The quantitative estimate of drug-likeness (QED) is 0.391. The van der Waals surface area contributed by atoms with Crippen molar-refractivity contribution in [1.82, 2.24) is 0 Å². The van der Waals surface area contributed by atoms with Gasteiger partial charge in [0.15, 0.2) is 0 Å². The van der Waals surface area contributed by atoms with Crippen LogP contribution in [-0.2, 0) is 0 Å². The fourth-order valence-corrected chi connectivity index (χ4v) is 3.12. The van der Waals surface area contributed by atoms with Gasteiger partial charge in [-0.1, -0.05) is 0 Å². The molecule has 1 aliphatic rings. The van der Waals surface area contributed by atoms with E-state index < -0.39 is 69.5 Å². The van der Waals surface area contributed by atoms with Gasteiger partial charge in [0, 0.05) is 0 Å². The maximum absolute atomic E-state index is 12.8. The Balaban J connectivity index is 4.16. The van der Waals surface area contributed by atoms with Gasteiger partial charge >= 0.3 is 30.9 Å². The zero-order valence-corrected chi connectivity index (χ0v) is 12.0. The minimum absolute atomic E-state index is 2.03. The molecule has 0 aromatic carbocycles. The van der Waals surface area contributed by atoms with Gasteiger partial charge in [-0.25, -0.2) is 0 Å². The van der Waals surface area contributed by atoms with Crippen molar-refractivity contribution in [1.29, 1.82) is 0 Å². The van der Waals surface area contributed by atoms with E-state index in [2.05, 4.69) is 0 Å². The molecule has 0 amide bonds. The summed E-state index contributed by atoms with van der Waals surface area (Å²) in [5.41, 5.74) is -11.7. The van der Waals surface area contributed by atoms with Crippen LogP contribution in [0, 0.1) is 0 Å². The average Bonchev–Trinajstić information content (AvgIpc) is 2.30. The van der Waals surface area contributed by atoms with E-state index in [-0.39, 0.29) is 0 Å². The molecule has 0 fully saturated rings. The number of rotatable bonds is 0. The van der Waals surface area contributed by atoms with E-state index in [9.17, 15) is 65.9 Å². The summed E-state index contributed by atoms with van der Waals surface area (Å²) >= 11 is -2.03. The van der Waals surface area contributed by atoms with Crippen molar-refractivity contribution < 1.29 is 65.9 Å². The molecule has 26 heavy (non-hydrogen) atoms. The first kappa shape index (κ1) is 22.8. The zero-order chi connectivity index (χ0) is 21.1. The van der Waals surface area contributed by atoms with Gasteiger partial charge in [0.25, 0.3) is 0 Å². The van der Waals surface area contributed by atoms with Crippen LogP contribution in [0.2, 0.25) is 0 Å². The van der Waals surface area contributed by atoms with Gasteiger partial charge in [-0.15, -0.1) is 11.8 Å². The molecule has 0 N–H and O–H groups in total. The largest absolute Gasteiger partial charge is 0.422 e. The lowest BCUT2D eigenvalue weighted by Crippen LogP contribution is -2.43. The van der Waals surface area contributed by atoms with E-state index in [0.717, 1.165) is 0 Å². The van der Waals surface area contributed by atoms with Crippen LogP contribution in [0.5, 0.6) is 0 Å². The van der Waals surface area contributed by atoms with Gasteiger partial charge in [0.2, 0.25) is 0 Å². The number of hydrogen-bond acceptors (Lipinski definition) is 1. The van der Waals surface area contributed by atoms with Crippen molar-refractivity contribution in [2.75, 3.05) is 0 Å². The third-order valence-corrected chi connectivity index (χ3v) is 4.08. The highest BCUT2D eigenvalue weighted by Crippen LogP contribution is 2.60. The fourth-order valence-electron chi connectivity index (χ4n) is 1.91. The average molecular weight is 438 g/mol. The van der Waals surface area contributed by atoms with Crippen LogP contribution < -0.4 is 0 Å². The first-order chi connectivity index (χ1) is 11.1. The van der Waals surface area contributed by atoms with Crippen LogP contribution in [-0.4, -0.2) is 36.1 Å². The molecule has 0 saturated heterocycles. The van der Waals surface area contributed by atoms with Crippen molar-refractivity contribution in [3.8, 4) is 0 Å². The monoisotopic (exact) mass is 438 g/mol. The van der Waals surface area contributed by atoms with Crippen molar-refractivity contribution in [2.45, 2.75) is 36.1 Å². The van der Waals surface area contributed by atoms with Crippen LogP contribution in [0.1, 0.15) is 0 Å². The molecule has 1 heterocycles. The molecule has 0 nitrogen and oxygen atoms in total. The Labute approximate surface area is 136 Å². The molecule has 0 aromatic rings. The maximum Gasteiger partial charge on any atom is 0.422 e. The minimum Gasteiger partial charge on any atom is -0.169 e. The van der Waals surface area contributed by atoms with Crippen LogP contribution in [0.4, 0.5) is 65.9 Å². The summed E-state index contributed by atoms with van der Waals surface area (Å²) in [7, 11) is 0. The zero-order valence-electron chi connectivity index (χ0n) is 11.2. The Morgan fingerprint density at radius 1 is 0.500 bits per heavy atom. The second-order valence-electron chi connectivity index (χ2n) is 4.52. The summed E-state index contributed by atoms with van der Waals surface area (Å²) in [5, 5.41) is -4.55. The molecular formula is C10HF15S. The summed E-state index contributed by atoms with van der Waals surface area (Å²) in [6.45, 7) is 0. The molecule has 0 aromatic heterocycles. The number of hydrogen-bond donors (Lipinski definition) is 0. The van der Waals surface area contributed by atoms with Gasteiger partial charge < -0.3 is 0 Å². The number of thioether (sulfide) groups is 1. The minimum atomic E-state index is -6.81. The highest BCUT2D eigenvalue weighted by Gasteiger charge is 2.65. The topological polar surface area (TPSA) is 0 Å². The predicted molar refractivity (Wildman–Crippen MR) is 55.7 cm³/mol. The van der Waals surface area contributed by atoms with Gasteiger partial charge in [-0.3, -0.25) is 0 Å². The SMILES string of the molecule is FC(F)(F)C1=C(C(F)(F)F)C(C(F)(F)F)=C(C(F)(F)F)C(C(F)(F)F)S1. The Morgan fingerprint density at radius 2 is 0.885 bits per heavy atom. The first-order valence-electron chi connectivity index (χ1n) is 5.60. The molecule has 1 rings (SSSR count). The van der Waals surface area contributed by atoms with E-state index in [1.165, 1.54) is 0 Å². The lowest BCUT2D eigenvalue weighted by Gasteiger charge is -2.35. The summed E-state index contributed by atoms with van der Waals surface area (Å²) in [4.78, 5) is -3.47. The third kappa shape index (κ3) is 4.54. The molecule has 152 valence electrons. The Kier molecular flexibility index (Phi) is 5.40. The van der Waals surface area contributed by atoms with E-state index in [1.54, 1.807) is 0 Å². The first-order valence-corrected chi connectivity index (χ1v) is 6.48. The van der Waals surface area contributed by atoms with Gasteiger partial charge in [-0.2, -0.15) is 65.9 Å². The Bertz CT molecular complexity index is 617. The smallest absolute Gasteiger partial charge is 0.169 e. The van der Waals surface area contributed by atoms with Crippen LogP contribution in [0.3, 0.4) is 0 Å². The summed E-state index contributed by atoms with van der Waals surface area (Å²) in [6, 6.07) is 0.